The molecule has 0 spiro atoms. The Kier molecular flexibility index (Phi) is 2.45. The highest BCUT2D eigenvalue weighted by atomic mass is 79.9. The van der Waals surface area contributed by atoms with Crippen molar-refractivity contribution in [1.82, 2.24) is 4.90 Å². The van der Waals surface area contributed by atoms with Gasteiger partial charge < -0.3 is 4.74 Å². The minimum atomic E-state index is 0.635. The molecule has 0 aliphatic carbocycles. The van der Waals surface area contributed by atoms with E-state index in [4.69, 9.17) is 4.74 Å². The van der Waals surface area contributed by atoms with Crippen molar-refractivity contribution >= 4 is 15.9 Å². The topological polar surface area (TPSA) is 12.5 Å². The normalized spacial score (nSPS) is 25.3. The lowest BCUT2D eigenvalue weighted by Crippen LogP contribution is -2.31. The second-order valence-corrected chi connectivity index (χ2v) is 5.25. The van der Waals surface area contributed by atoms with E-state index in [1.807, 2.05) is 0 Å². The molecule has 1 aromatic carbocycles. The third kappa shape index (κ3) is 1.79. The number of nitrogens with zero attached hydrogens (tertiary/aromatic N) is 1. The summed E-state index contributed by atoms with van der Waals surface area (Å²) >= 11 is 3.51. The van der Waals surface area contributed by atoms with Crippen molar-refractivity contribution in [2.24, 2.45) is 0 Å². The Bertz CT molecular complexity index is 380. The number of fused-ring (bicyclic) bond motifs is 2. The third-order valence-corrected chi connectivity index (χ3v) is 3.82. The van der Waals surface area contributed by atoms with Crippen molar-refractivity contribution in [1.29, 1.82) is 0 Å². The highest BCUT2D eigenvalue weighted by molar-refractivity contribution is 9.10. The van der Waals surface area contributed by atoms with Crippen LogP contribution in [0.2, 0.25) is 0 Å². The average molecular weight is 268 g/mol. The lowest BCUT2D eigenvalue weighted by molar-refractivity contribution is 0.188. The van der Waals surface area contributed by atoms with Gasteiger partial charge in [-0.05, 0) is 37.6 Å². The lowest BCUT2D eigenvalue weighted by Gasteiger charge is -2.19. The summed E-state index contributed by atoms with van der Waals surface area (Å²) in [6.45, 7) is 3.12. The minimum absolute atomic E-state index is 0.635. The van der Waals surface area contributed by atoms with Gasteiger partial charge in [-0.1, -0.05) is 15.9 Å². The smallest absolute Gasteiger partial charge is 0.123 e. The molecule has 3 rings (SSSR count). The van der Waals surface area contributed by atoms with Gasteiger partial charge in [-0.15, -0.1) is 0 Å². The van der Waals surface area contributed by atoms with Gasteiger partial charge in [0, 0.05) is 22.6 Å². The van der Waals surface area contributed by atoms with Crippen LogP contribution in [0, 0.1) is 0 Å². The molecule has 1 fully saturated rings. The van der Waals surface area contributed by atoms with Crippen molar-refractivity contribution in [3.8, 4) is 5.75 Å². The summed E-state index contributed by atoms with van der Waals surface area (Å²) in [4.78, 5) is 2.54. The Morgan fingerprint density at radius 3 is 3.27 bits per heavy atom. The summed E-state index contributed by atoms with van der Waals surface area (Å²) < 4.78 is 7.00. The predicted octanol–water partition coefficient (Wildman–Crippen LogP) is 2.81. The standard InChI is InChI=1S/C12H14BrNO/c13-10-3-4-12-9(6-10)7-14-5-1-2-11(14)8-15-12/h3-4,6,11H,1-2,5,7-8H2. The van der Waals surface area contributed by atoms with Crippen LogP contribution in [0.5, 0.6) is 5.75 Å². The van der Waals surface area contributed by atoms with Crippen molar-refractivity contribution in [2.75, 3.05) is 13.2 Å². The molecule has 80 valence electrons. The van der Waals surface area contributed by atoms with Crippen LogP contribution in [0.15, 0.2) is 22.7 Å². The van der Waals surface area contributed by atoms with E-state index in [9.17, 15) is 0 Å². The molecule has 0 amide bonds. The highest BCUT2D eigenvalue weighted by Crippen LogP contribution is 2.31. The summed E-state index contributed by atoms with van der Waals surface area (Å²) in [6, 6.07) is 6.93. The Balaban J connectivity index is 1.94. The number of hydrogen-bond donors (Lipinski definition) is 0. The van der Waals surface area contributed by atoms with Gasteiger partial charge in [0.25, 0.3) is 0 Å². The Morgan fingerprint density at radius 2 is 2.33 bits per heavy atom. The maximum Gasteiger partial charge on any atom is 0.123 e. The van der Waals surface area contributed by atoms with Gasteiger partial charge in [-0.25, -0.2) is 0 Å². The van der Waals surface area contributed by atoms with Crippen LogP contribution in [0.1, 0.15) is 18.4 Å². The molecular weight excluding hydrogens is 254 g/mol. The first-order chi connectivity index (χ1) is 7.33. The van der Waals surface area contributed by atoms with E-state index in [0.717, 1.165) is 23.4 Å². The molecule has 0 N–H and O–H groups in total. The van der Waals surface area contributed by atoms with Crippen molar-refractivity contribution < 1.29 is 4.74 Å². The largest absolute Gasteiger partial charge is 0.492 e. The van der Waals surface area contributed by atoms with Crippen LogP contribution in [-0.2, 0) is 6.54 Å². The molecule has 0 bridgehead atoms. The number of rotatable bonds is 0. The molecule has 3 heteroatoms. The van der Waals surface area contributed by atoms with Crippen molar-refractivity contribution in [3.05, 3.63) is 28.2 Å². The monoisotopic (exact) mass is 267 g/mol. The van der Waals surface area contributed by atoms with Crippen molar-refractivity contribution in [2.45, 2.75) is 25.4 Å². The molecule has 1 saturated heterocycles. The number of ether oxygens (including phenoxy) is 1. The van der Waals surface area contributed by atoms with E-state index in [2.05, 4.69) is 39.0 Å². The fourth-order valence-corrected chi connectivity index (χ4v) is 2.92. The summed E-state index contributed by atoms with van der Waals surface area (Å²) in [5, 5.41) is 0. The van der Waals surface area contributed by atoms with E-state index in [0.29, 0.717) is 6.04 Å². The quantitative estimate of drug-likeness (QED) is 0.717. The average Bonchev–Trinajstić information content (AvgIpc) is 2.58. The van der Waals surface area contributed by atoms with Crippen LogP contribution < -0.4 is 4.74 Å². The summed E-state index contributed by atoms with van der Waals surface area (Å²) in [6.07, 6.45) is 2.60. The zero-order valence-electron chi connectivity index (χ0n) is 8.58. The SMILES string of the molecule is Brc1ccc2c(c1)CN1CCCC1CO2. The van der Waals surface area contributed by atoms with Crippen LogP contribution in [-0.4, -0.2) is 24.1 Å². The third-order valence-electron chi connectivity index (χ3n) is 3.33. The molecule has 15 heavy (non-hydrogen) atoms. The predicted molar refractivity (Wildman–Crippen MR) is 63.1 cm³/mol. The molecule has 0 radical (unpaired) electrons. The zero-order chi connectivity index (χ0) is 10.3. The van der Waals surface area contributed by atoms with Crippen LogP contribution in [0.4, 0.5) is 0 Å². The first-order valence-electron chi connectivity index (χ1n) is 5.48. The van der Waals surface area contributed by atoms with Gasteiger partial charge in [0.15, 0.2) is 0 Å². The first-order valence-corrected chi connectivity index (χ1v) is 6.27. The lowest BCUT2D eigenvalue weighted by atomic mass is 10.2. The van der Waals surface area contributed by atoms with Gasteiger partial charge in [0.2, 0.25) is 0 Å². The van der Waals surface area contributed by atoms with E-state index < -0.39 is 0 Å². The van der Waals surface area contributed by atoms with Crippen LogP contribution in [0.25, 0.3) is 0 Å². The molecule has 2 nitrogen and oxygen atoms in total. The maximum absolute atomic E-state index is 5.85. The van der Waals surface area contributed by atoms with Crippen LogP contribution in [0.3, 0.4) is 0 Å². The van der Waals surface area contributed by atoms with E-state index in [-0.39, 0.29) is 0 Å². The maximum atomic E-state index is 5.85. The van der Waals surface area contributed by atoms with E-state index >= 15 is 0 Å². The second kappa shape index (κ2) is 3.80. The molecule has 2 heterocycles. The number of halogens is 1. The Hall–Kier alpha value is -0.540. The van der Waals surface area contributed by atoms with Gasteiger partial charge in [-0.3, -0.25) is 4.90 Å². The summed E-state index contributed by atoms with van der Waals surface area (Å²) in [5.41, 5.74) is 1.31. The fourth-order valence-electron chi connectivity index (χ4n) is 2.51. The molecule has 0 aromatic heterocycles. The Morgan fingerprint density at radius 1 is 1.40 bits per heavy atom. The highest BCUT2D eigenvalue weighted by Gasteiger charge is 2.28. The molecular formula is C12H14BrNO. The number of hydrogen-bond acceptors (Lipinski definition) is 2. The molecule has 0 saturated carbocycles. The van der Waals surface area contributed by atoms with Gasteiger partial charge in [-0.2, -0.15) is 0 Å². The van der Waals surface area contributed by atoms with Gasteiger partial charge in [0.05, 0.1) is 0 Å². The van der Waals surface area contributed by atoms with Crippen LogP contribution >= 0.6 is 15.9 Å². The van der Waals surface area contributed by atoms with E-state index in [1.165, 1.54) is 24.9 Å². The number of benzene rings is 1. The minimum Gasteiger partial charge on any atom is -0.492 e. The molecule has 1 unspecified atom stereocenters. The van der Waals surface area contributed by atoms with Crippen molar-refractivity contribution in [3.63, 3.8) is 0 Å². The Labute approximate surface area is 98.4 Å². The first kappa shape index (κ1) is 9.67. The molecule has 2 aliphatic rings. The summed E-state index contributed by atoms with van der Waals surface area (Å²) in [7, 11) is 0. The fraction of sp³-hybridized carbons (Fsp3) is 0.500. The van der Waals surface area contributed by atoms with Gasteiger partial charge >= 0.3 is 0 Å². The van der Waals surface area contributed by atoms with E-state index in [1.54, 1.807) is 0 Å². The molecule has 1 aromatic rings. The van der Waals surface area contributed by atoms with Gasteiger partial charge in [0.1, 0.15) is 12.4 Å². The molecule has 2 aliphatic heterocycles. The summed E-state index contributed by atoms with van der Waals surface area (Å²) in [5.74, 6) is 1.06. The zero-order valence-corrected chi connectivity index (χ0v) is 10.2. The molecule has 1 atom stereocenters. The second-order valence-electron chi connectivity index (χ2n) is 4.33.